The molecule has 0 aliphatic rings. The zero-order valence-electron chi connectivity index (χ0n) is 8.93. The van der Waals surface area contributed by atoms with Crippen LogP contribution in [0.5, 0.6) is 0 Å². The second-order valence-electron chi connectivity index (χ2n) is 3.47. The van der Waals surface area contributed by atoms with Crippen LogP contribution in [0.25, 0.3) is 11.3 Å². The first-order valence-corrected chi connectivity index (χ1v) is 5.80. The van der Waals surface area contributed by atoms with Gasteiger partial charge in [0.05, 0.1) is 5.69 Å². The molecule has 0 aliphatic heterocycles. The zero-order valence-corrected chi connectivity index (χ0v) is 10.5. The Kier molecular flexibility index (Phi) is 3.49. The number of aromatic nitrogens is 2. The zero-order chi connectivity index (χ0) is 12.3. The smallest absolute Gasteiger partial charge is 0.127 e. The molecule has 0 amide bonds. The molecule has 17 heavy (non-hydrogen) atoms. The number of halogens is 1. The Balaban J connectivity index is 2.50. The van der Waals surface area contributed by atoms with Crippen molar-refractivity contribution in [2.45, 2.75) is 6.42 Å². The lowest BCUT2D eigenvalue weighted by Crippen LogP contribution is -2.01. The van der Waals surface area contributed by atoms with Gasteiger partial charge >= 0.3 is 0 Å². The molecule has 4 nitrogen and oxygen atoms in total. The van der Waals surface area contributed by atoms with Gasteiger partial charge < -0.3 is 10.5 Å². The number of anilines is 1. The third-order valence-corrected chi connectivity index (χ3v) is 2.95. The van der Waals surface area contributed by atoms with Crippen molar-refractivity contribution in [2.24, 2.45) is 0 Å². The molecule has 0 aliphatic carbocycles. The maximum Gasteiger partial charge on any atom is 0.127 e. The molecule has 0 unspecified atom stereocenters. The van der Waals surface area contributed by atoms with E-state index in [1.807, 2.05) is 18.2 Å². The molecule has 2 aromatic rings. The van der Waals surface area contributed by atoms with Crippen molar-refractivity contribution in [3.8, 4) is 11.3 Å². The second kappa shape index (κ2) is 5.05. The van der Waals surface area contributed by atoms with Crippen LogP contribution >= 0.6 is 15.9 Å². The highest BCUT2D eigenvalue weighted by atomic mass is 79.9. The molecule has 0 atom stereocenters. The summed E-state index contributed by atoms with van der Waals surface area (Å²) in [5.74, 6) is 0.382. The first-order chi connectivity index (χ1) is 8.22. The van der Waals surface area contributed by atoms with Gasteiger partial charge in [-0.2, -0.15) is 0 Å². The number of rotatable bonds is 3. The molecule has 0 fully saturated rings. The van der Waals surface area contributed by atoms with Crippen molar-refractivity contribution in [1.29, 1.82) is 0 Å². The second-order valence-corrected chi connectivity index (χ2v) is 4.32. The van der Waals surface area contributed by atoms with E-state index in [1.165, 1.54) is 0 Å². The SMILES string of the molecule is Nc1nc(-c2ccncc2)c(Br)cc1CC=O. The van der Waals surface area contributed by atoms with Crippen LogP contribution in [0.4, 0.5) is 5.82 Å². The number of hydrogen-bond donors (Lipinski definition) is 1. The molecule has 5 heteroatoms. The van der Waals surface area contributed by atoms with Crippen LogP contribution in [0, 0.1) is 0 Å². The highest BCUT2D eigenvalue weighted by molar-refractivity contribution is 9.10. The van der Waals surface area contributed by atoms with Crippen molar-refractivity contribution >= 4 is 28.0 Å². The van der Waals surface area contributed by atoms with E-state index in [1.54, 1.807) is 12.4 Å². The van der Waals surface area contributed by atoms with E-state index >= 15 is 0 Å². The van der Waals surface area contributed by atoms with Crippen molar-refractivity contribution in [2.75, 3.05) is 5.73 Å². The first-order valence-electron chi connectivity index (χ1n) is 5.01. The summed E-state index contributed by atoms with van der Waals surface area (Å²) in [6.45, 7) is 0. The molecule has 0 aromatic carbocycles. The average molecular weight is 292 g/mol. The van der Waals surface area contributed by atoms with E-state index in [4.69, 9.17) is 5.73 Å². The van der Waals surface area contributed by atoms with Gasteiger partial charge in [0.15, 0.2) is 0 Å². The number of pyridine rings is 2. The number of nitrogens with zero attached hydrogens (tertiary/aromatic N) is 2. The fraction of sp³-hybridized carbons (Fsp3) is 0.0833. The normalized spacial score (nSPS) is 10.2. The van der Waals surface area contributed by atoms with E-state index < -0.39 is 0 Å². The minimum absolute atomic E-state index is 0.272. The molecular weight excluding hydrogens is 282 g/mol. The maximum atomic E-state index is 10.5. The fourth-order valence-electron chi connectivity index (χ4n) is 1.51. The molecule has 86 valence electrons. The van der Waals surface area contributed by atoms with Crippen molar-refractivity contribution in [3.05, 3.63) is 40.6 Å². The quantitative estimate of drug-likeness (QED) is 0.881. The van der Waals surface area contributed by atoms with E-state index in [-0.39, 0.29) is 6.42 Å². The molecular formula is C12H10BrN3O. The lowest BCUT2D eigenvalue weighted by atomic mass is 10.1. The predicted octanol–water partition coefficient (Wildman–Crippen LogP) is 2.23. The van der Waals surface area contributed by atoms with Gasteiger partial charge in [-0.05, 0) is 34.1 Å². The molecule has 0 saturated carbocycles. The van der Waals surface area contributed by atoms with E-state index in [9.17, 15) is 4.79 Å². The number of nitrogens with two attached hydrogens (primary N) is 1. The lowest BCUT2D eigenvalue weighted by molar-refractivity contribution is -0.107. The monoisotopic (exact) mass is 291 g/mol. The Morgan fingerprint density at radius 3 is 2.71 bits per heavy atom. The Bertz CT molecular complexity index is 543. The van der Waals surface area contributed by atoms with Gasteiger partial charge in [-0.25, -0.2) is 4.98 Å². The number of aldehydes is 1. The molecule has 2 aromatic heterocycles. The van der Waals surface area contributed by atoms with E-state index in [2.05, 4.69) is 25.9 Å². The average Bonchev–Trinajstić information content (AvgIpc) is 2.35. The molecule has 0 spiro atoms. The van der Waals surface area contributed by atoms with Gasteiger partial charge in [-0.3, -0.25) is 4.98 Å². The van der Waals surface area contributed by atoms with Gasteiger partial charge in [-0.15, -0.1) is 0 Å². The van der Waals surface area contributed by atoms with Gasteiger partial charge in [0.25, 0.3) is 0 Å². The Hall–Kier alpha value is -1.75. The third kappa shape index (κ3) is 2.50. The van der Waals surface area contributed by atoms with Crippen LogP contribution in [0.3, 0.4) is 0 Å². The predicted molar refractivity (Wildman–Crippen MR) is 69.3 cm³/mol. The van der Waals surface area contributed by atoms with Crippen LogP contribution < -0.4 is 5.73 Å². The maximum absolute atomic E-state index is 10.5. The van der Waals surface area contributed by atoms with E-state index in [0.717, 1.165) is 27.6 Å². The summed E-state index contributed by atoms with van der Waals surface area (Å²) >= 11 is 3.43. The Morgan fingerprint density at radius 2 is 2.06 bits per heavy atom. The van der Waals surface area contributed by atoms with Gasteiger partial charge in [0, 0.05) is 34.4 Å². The summed E-state index contributed by atoms with van der Waals surface area (Å²) < 4.78 is 0.815. The number of nitrogen functional groups attached to an aromatic ring is 1. The van der Waals surface area contributed by atoms with Crippen LogP contribution in [0.1, 0.15) is 5.56 Å². The summed E-state index contributed by atoms with van der Waals surface area (Å²) in [5.41, 5.74) is 8.21. The third-order valence-electron chi connectivity index (χ3n) is 2.35. The molecule has 0 bridgehead atoms. The Morgan fingerprint density at radius 1 is 1.35 bits per heavy atom. The standard InChI is InChI=1S/C12H10BrN3O/c13-10-7-9(3-6-17)12(14)16-11(10)8-1-4-15-5-2-8/h1-2,4-7H,3H2,(H2,14,16). The largest absolute Gasteiger partial charge is 0.383 e. The van der Waals surface area contributed by atoms with Crippen LogP contribution in [-0.2, 0) is 11.2 Å². The Labute approximate surface area is 107 Å². The summed E-state index contributed by atoms with van der Waals surface area (Å²) in [4.78, 5) is 18.7. The minimum atomic E-state index is 0.272. The van der Waals surface area contributed by atoms with Crippen LogP contribution in [0.2, 0.25) is 0 Å². The van der Waals surface area contributed by atoms with Crippen molar-refractivity contribution in [1.82, 2.24) is 9.97 Å². The van der Waals surface area contributed by atoms with Gasteiger partial charge in [-0.1, -0.05) is 0 Å². The molecule has 0 saturated heterocycles. The summed E-state index contributed by atoms with van der Waals surface area (Å²) in [5, 5.41) is 0. The molecule has 2 N–H and O–H groups in total. The summed E-state index contributed by atoms with van der Waals surface area (Å²) in [6.07, 6.45) is 4.47. The summed E-state index contributed by atoms with van der Waals surface area (Å²) in [6, 6.07) is 5.53. The van der Waals surface area contributed by atoms with E-state index in [0.29, 0.717) is 5.82 Å². The minimum Gasteiger partial charge on any atom is -0.383 e. The first kappa shape index (κ1) is 11.7. The number of hydrogen-bond acceptors (Lipinski definition) is 4. The molecule has 2 rings (SSSR count). The number of carbonyl (C=O) groups is 1. The number of carbonyl (C=O) groups excluding carboxylic acids is 1. The molecule has 0 radical (unpaired) electrons. The van der Waals surface area contributed by atoms with Crippen molar-refractivity contribution in [3.63, 3.8) is 0 Å². The van der Waals surface area contributed by atoms with Gasteiger partial charge in [0.2, 0.25) is 0 Å². The van der Waals surface area contributed by atoms with Crippen LogP contribution in [0.15, 0.2) is 35.1 Å². The van der Waals surface area contributed by atoms with Crippen molar-refractivity contribution < 1.29 is 4.79 Å². The van der Waals surface area contributed by atoms with Gasteiger partial charge in [0.1, 0.15) is 12.1 Å². The highest BCUT2D eigenvalue weighted by Crippen LogP contribution is 2.28. The highest BCUT2D eigenvalue weighted by Gasteiger charge is 2.09. The topological polar surface area (TPSA) is 68.9 Å². The van der Waals surface area contributed by atoms with Crippen LogP contribution in [-0.4, -0.2) is 16.3 Å². The fourth-order valence-corrected chi connectivity index (χ4v) is 2.10. The lowest BCUT2D eigenvalue weighted by Gasteiger charge is -2.08. The molecule has 2 heterocycles. The summed E-state index contributed by atoms with van der Waals surface area (Å²) in [7, 11) is 0.